The van der Waals surface area contributed by atoms with Crippen LogP contribution in [-0.4, -0.2) is 65.6 Å². The highest BCUT2D eigenvalue weighted by atomic mass is 31.3. The van der Waals surface area contributed by atoms with Crippen molar-refractivity contribution in [1.29, 1.82) is 0 Å². The van der Waals surface area contributed by atoms with Crippen molar-refractivity contribution in [2.75, 3.05) is 6.61 Å². The van der Waals surface area contributed by atoms with Crippen molar-refractivity contribution in [1.82, 2.24) is 0 Å². The van der Waals surface area contributed by atoms with Gasteiger partial charge >= 0.3 is 23.5 Å². The maximum absolute atomic E-state index is 11.3. The SMILES string of the molecule is CC(=O)[C@H](O)[C@H](O)[C@H](O)COP(=O)(O)OP(=O)(O)OP(=O)(O)O. The molecule has 2 unspecified atom stereocenters. The summed E-state index contributed by atoms with van der Waals surface area (Å²) in [4.78, 5) is 45.2. The van der Waals surface area contributed by atoms with Gasteiger partial charge in [0.15, 0.2) is 5.78 Å². The van der Waals surface area contributed by atoms with Crippen molar-refractivity contribution in [3.05, 3.63) is 0 Å². The van der Waals surface area contributed by atoms with Crippen LogP contribution in [0, 0.1) is 0 Å². The molecule has 0 aliphatic heterocycles. The summed E-state index contributed by atoms with van der Waals surface area (Å²) in [6, 6.07) is 0. The van der Waals surface area contributed by atoms with E-state index in [4.69, 9.17) is 24.7 Å². The zero-order chi connectivity index (χ0) is 18.6. The van der Waals surface area contributed by atoms with Crippen LogP contribution in [0.25, 0.3) is 0 Å². The first-order chi connectivity index (χ1) is 10.1. The van der Waals surface area contributed by atoms with Crippen molar-refractivity contribution in [2.45, 2.75) is 25.2 Å². The molecule has 7 N–H and O–H groups in total. The summed E-state index contributed by atoms with van der Waals surface area (Å²) in [5.41, 5.74) is 0. The lowest BCUT2D eigenvalue weighted by Crippen LogP contribution is -2.43. The number of rotatable bonds is 10. The summed E-state index contributed by atoms with van der Waals surface area (Å²) in [5.74, 6) is -0.935. The van der Waals surface area contributed by atoms with Gasteiger partial charge in [-0.15, -0.1) is 0 Å². The fourth-order valence-corrected chi connectivity index (χ4v) is 4.06. The fraction of sp³-hybridized carbons (Fsp3) is 0.833. The van der Waals surface area contributed by atoms with E-state index in [2.05, 4.69) is 13.1 Å². The van der Waals surface area contributed by atoms with Crippen LogP contribution in [-0.2, 0) is 31.6 Å². The van der Waals surface area contributed by atoms with Crippen molar-refractivity contribution in [2.24, 2.45) is 0 Å². The maximum Gasteiger partial charge on any atom is 0.490 e. The average Bonchev–Trinajstić information content (AvgIpc) is 2.29. The third-order valence-corrected chi connectivity index (χ3v) is 5.76. The van der Waals surface area contributed by atoms with Gasteiger partial charge < -0.3 is 34.9 Å². The number of hydrogen-bond donors (Lipinski definition) is 7. The third kappa shape index (κ3) is 9.75. The number of aliphatic hydroxyl groups is 3. The molecule has 138 valence electrons. The van der Waals surface area contributed by atoms with Crippen molar-refractivity contribution in [3.8, 4) is 0 Å². The lowest BCUT2D eigenvalue weighted by Gasteiger charge is -2.22. The van der Waals surface area contributed by atoms with Crippen LogP contribution in [0.4, 0.5) is 0 Å². The fourth-order valence-electron chi connectivity index (χ4n) is 1.02. The van der Waals surface area contributed by atoms with Crippen LogP contribution in [0.1, 0.15) is 6.92 Å². The minimum absolute atomic E-state index is 0.878. The molecule has 0 fully saturated rings. The number of carbonyl (C=O) groups excluding carboxylic acids is 1. The quantitative estimate of drug-likeness (QED) is 0.195. The molecule has 0 aromatic carbocycles. The Kier molecular flexibility index (Phi) is 8.35. The molecule has 0 amide bonds. The minimum atomic E-state index is -5.70. The molecule has 0 saturated heterocycles. The van der Waals surface area contributed by atoms with Gasteiger partial charge in [0.05, 0.1) is 6.61 Å². The summed E-state index contributed by atoms with van der Waals surface area (Å²) >= 11 is 0. The van der Waals surface area contributed by atoms with E-state index < -0.39 is 54.2 Å². The summed E-state index contributed by atoms with van der Waals surface area (Å²) < 4.78 is 43.4. The van der Waals surface area contributed by atoms with E-state index in [0.29, 0.717) is 0 Å². The molecular weight excluding hydrogens is 389 g/mol. The second-order valence-electron chi connectivity index (χ2n) is 4.00. The molecular formula is C6H15O14P3. The Balaban J connectivity index is 4.71. The number of Topliss-reactive ketones (excluding diaryl/α,β-unsaturated/α-hetero) is 1. The van der Waals surface area contributed by atoms with E-state index in [1.807, 2.05) is 0 Å². The highest BCUT2D eigenvalue weighted by Gasteiger charge is 2.41. The van der Waals surface area contributed by atoms with E-state index in [-0.39, 0.29) is 0 Å². The zero-order valence-electron chi connectivity index (χ0n) is 11.3. The summed E-state index contributed by atoms with van der Waals surface area (Å²) in [7, 11) is -16.7. The van der Waals surface area contributed by atoms with Gasteiger partial charge in [-0.2, -0.15) is 8.62 Å². The molecule has 0 aromatic rings. The van der Waals surface area contributed by atoms with Crippen molar-refractivity contribution in [3.63, 3.8) is 0 Å². The Hall–Kier alpha value is -0.0400. The molecule has 14 nitrogen and oxygen atoms in total. The van der Waals surface area contributed by atoms with Gasteiger partial charge in [-0.25, -0.2) is 13.7 Å². The summed E-state index contributed by atoms with van der Waals surface area (Å²) in [5, 5.41) is 27.8. The lowest BCUT2D eigenvalue weighted by molar-refractivity contribution is -0.137. The Morgan fingerprint density at radius 1 is 0.957 bits per heavy atom. The topological polar surface area (TPSA) is 238 Å². The predicted octanol–water partition coefficient (Wildman–Crippen LogP) is -2.00. The molecule has 17 heteroatoms. The smallest absolute Gasteiger partial charge is 0.388 e. The number of ketones is 1. The van der Waals surface area contributed by atoms with Gasteiger partial charge in [0, 0.05) is 0 Å². The van der Waals surface area contributed by atoms with Gasteiger partial charge in [0.25, 0.3) is 0 Å². The highest BCUT2D eigenvalue weighted by molar-refractivity contribution is 7.66. The monoisotopic (exact) mass is 404 g/mol. The second-order valence-corrected chi connectivity index (χ2v) is 8.42. The number of carbonyl (C=O) groups is 1. The third-order valence-electron chi connectivity index (χ3n) is 1.96. The van der Waals surface area contributed by atoms with E-state index >= 15 is 0 Å². The molecule has 0 aliphatic rings. The van der Waals surface area contributed by atoms with Gasteiger partial charge in [-0.1, -0.05) is 0 Å². The van der Waals surface area contributed by atoms with Gasteiger partial charge in [-0.3, -0.25) is 9.32 Å². The molecule has 0 saturated carbocycles. The first-order valence-electron chi connectivity index (χ1n) is 5.39. The molecule has 23 heavy (non-hydrogen) atoms. The number of phosphoric acid groups is 3. The molecule has 0 heterocycles. The summed E-state index contributed by atoms with van der Waals surface area (Å²) in [6.07, 6.45) is -6.23. The first kappa shape index (κ1) is 23.0. The van der Waals surface area contributed by atoms with Crippen LogP contribution in [0.3, 0.4) is 0 Å². The molecule has 0 radical (unpaired) electrons. The Labute approximate surface area is 128 Å². The van der Waals surface area contributed by atoms with Crippen LogP contribution < -0.4 is 0 Å². The number of hydrogen-bond acceptors (Lipinski definition) is 10. The molecule has 0 aromatic heterocycles. The van der Waals surface area contributed by atoms with Crippen molar-refractivity contribution < 1.29 is 66.5 Å². The standard InChI is InChI=1S/C6H15O14P3/c1-3(7)5(9)6(10)4(8)2-18-22(14,15)20-23(16,17)19-21(11,12)13/h4-6,8-10H,2H2,1H3,(H,14,15)(H,16,17)(H2,11,12,13)/t4-,5+,6-/m1/s1. The zero-order valence-corrected chi connectivity index (χ0v) is 14.0. The Morgan fingerprint density at radius 3 is 1.83 bits per heavy atom. The normalized spacial score (nSPS) is 21.7. The summed E-state index contributed by atoms with van der Waals surface area (Å²) in [6.45, 7) is -0.377. The second kappa shape index (κ2) is 8.37. The highest BCUT2D eigenvalue weighted by Crippen LogP contribution is 2.66. The first-order valence-corrected chi connectivity index (χ1v) is 9.91. The lowest BCUT2D eigenvalue weighted by atomic mass is 10.1. The van der Waals surface area contributed by atoms with E-state index in [1.165, 1.54) is 0 Å². The van der Waals surface area contributed by atoms with E-state index in [9.17, 15) is 28.7 Å². The minimum Gasteiger partial charge on any atom is -0.388 e. The predicted molar refractivity (Wildman–Crippen MR) is 68.5 cm³/mol. The van der Waals surface area contributed by atoms with E-state index in [1.54, 1.807) is 0 Å². The molecule has 5 atom stereocenters. The molecule has 0 spiro atoms. The molecule has 0 bridgehead atoms. The van der Waals surface area contributed by atoms with Gasteiger partial charge in [0.2, 0.25) is 0 Å². The van der Waals surface area contributed by atoms with E-state index in [0.717, 1.165) is 6.92 Å². The molecule has 0 aliphatic carbocycles. The average molecular weight is 404 g/mol. The Morgan fingerprint density at radius 2 is 1.43 bits per heavy atom. The largest absolute Gasteiger partial charge is 0.490 e. The number of phosphoric ester groups is 1. The van der Waals surface area contributed by atoms with Crippen LogP contribution >= 0.6 is 23.5 Å². The maximum atomic E-state index is 11.3. The number of aliphatic hydroxyl groups excluding tert-OH is 3. The van der Waals surface area contributed by atoms with Gasteiger partial charge in [0.1, 0.15) is 18.3 Å². The van der Waals surface area contributed by atoms with Crippen molar-refractivity contribution >= 4 is 29.3 Å². The Bertz CT molecular complexity index is 553. The van der Waals surface area contributed by atoms with Gasteiger partial charge in [-0.05, 0) is 6.92 Å². The van der Waals surface area contributed by atoms with Crippen LogP contribution in [0.15, 0.2) is 0 Å². The molecule has 0 rings (SSSR count). The van der Waals surface area contributed by atoms with Crippen LogP contribution in [0.2, 0.25) is 0 Å². The van der Waals surface area contributed by atoms with Crippen LogP contribution in [0.5, 0.6) is 0 Å².